The fourth-order valence-corrected chi connectivity index (χ4v) is 3.96. The molecule has 1 fully saturated rings. The van der Waals surface area contributed by atoms with Gasteiger partial charge in [0.15, 0.2) is 0 Å². The van der Waals surface area contributed by atoms with Gasteiger partial charge in [0, 0.05) is 11.6 Å². The summed E-state index contributed by atoms with van der Waals surface area (Å²) in [7, 11) is -4.34. The predicted molar refractivity (Wildman–Crippen MR) is 151 cm³/mol. The number of hydrogen-bond acceptors (Lipinski definition) is 13. The van der Waals surface area contributed by atoms with Gasteiger partial charge in [-0.25, -0.2) is 0 Å². The second-order valence-electron chi connectivity index (χ2n) is 8.58. The van der Waals surface area contributed by atoms with Crippen molar-refractivity contribution in [3.8, 4) is 11.9 Å². The molecular weight excluding hydrogens is 598 g/mol. The van der Waals surface area contributed by atoms with Gasteiger partial charge in [-0.05, 0) is 60.7 Å². The first-order chi connectivity index (χ1) is 21.1. The van der Waals surface area contributed by atoms with Gasteiger partial charge in [0.2, 0.25) is 18.2 Å². The van der Waals surface area contributed by atoms with E-state index in [4.69, 9.17) is 14.6 Å². The summed E-state index contributed by atoms with van der Waals surface area (Å²) in [5.74, 6) is -2.28. The molecule has 1 saturated heterocycles. The molecule has 0 saturated carbocycles. The van der Waals surface area contributed by atoms with Crippen molar-refractivity contribution in [2.75, 3.05) is 18.5 Å². The third kappa shape index (κ3) is 8.10. The molecule has 3 aromatic carbocycles. The first-order valence-corrected chi connectivity index (χ1v) is 13.8. The summed E-state index contributed by atoms with van der Waals surface area (Å²) in [6.45, 7) is -0.377. The van der Waals surface area contributed by atoms with E-state index in [1.807, 2.05) is 0 Å². The molecule has 0 aliphatic carbocycles. The largest absolute Gasteiger partial charge is 0.489 e. The summed E-state index contributed by atoms with van der Waals surface area (Å²) in [4.78, 5) is 40.0. The Labute approximate surface area is 248 Å². The molecule has 0 spiro atoms. The van der Waals surface area contributed by atoms with E-state index in [0.29, 0.717) is 11.4 Å². The summed E-state index contributed by atoms with van der Waals surface area (Å²) in [6.07, 6.45) is 1.44. The Balaban J connectivity index is 1.43. The van der Waals surface area contributed by atoms with E-state index in [9.17, 15) is 27.9 Å². The van der Waals surface area contributed by atoms with Crippen molar-refractivity contribution in [3.05, 3.63) is 72.3 Å². The molecule has 1 heterocycles. The number of guanidine groups is 1. The van der Waals surface area contributed by atoms with Gasteiger partial charge in [0.05, 0.1) is 34.3 Å². The fourth-order valence-electron chi connectivity index (χ4n) is 3.48. The molecule has 4 rings (SSSR count). The minimum Gasteiger partial charge on any atom is -0.489 e. The second-order valence-corrected chi connectivity index (χ2v) is 10.0. The third-order valence-corrected chi connectivity index (χ3v) is 6.41. The lowest BCUT2D eigenvalue weighted by Crippen LogP contribution is -2.58. The Hall–Kier alpha value is -5.90. The Morgan fingerprint density at radius 2 is 1.52 bits per heavy atom. The number of rotatable bonds is 10. The van der Waals surface area contributed by atoms with Gasteiger partial charge in [-0.1, -0.05) is 0 Å². The second kappa shape index (κ2) is 13.8. The van der Waals surface area contributed by atoms with E-state index in [2.05, 4.69) is 41.4 Å². The van der Waals surface area contributed by atoms with E-state index >= 15 is 0 Å². The molecule has 0 atom stereocenters. The molecule has 0 unspecified atom stereocenters. The van der Waals surface area contributed by atoms with Crippen molar-refractivity contribution >= 4 is 56.5 Å². The number of aliphatic hydroxyl groups is 1. The van der Waals surface area contributed by atoms with Crippen molar-refractivity contribution in [2.24, 2.45) is 25.4 Å². The molecule has 1 aliphatic rings. The number of nitrogens with zero attached hydrogens (tertiary/aromatic N) is 6. The normalized spacial score (nSPS) is 15.0. The van der Waals surface area contributed by atoms with Crippen LogP contribution in [0.1, 0.15) is 10.4 Å². The van der Waals surface area contributed by atoms with Crippen molar-refractivity contribution in [1.29, 1.82) is 5.26 Å². The number of hydrogen-bond donors (Lipinski definition) is 5. The van der Waals surface area contributed by atoms with Gasteiger partial charge in [-0.2, -0.15) is 34.1 Å². The number of ether oxygens (including phenoxy) is 1. The standard InChI is InChI=1S/C26H21N9O8S/c27-14-28-26-30-24(38)22(25(39)31-26)35-33-16-3-1-15(2-4-16)23(37)29-20-10-7-18(13-21(20)43-12-11-36)34-32-17-5-8-19(9-6-17)44(40,41)42/h1-10,13,22,36H,11-12H2,(H,29,37)(H,40,41,42)(H2,28,30,31,38,39). The number of azo groups is 2. The summed E-state index contributed by atoms with van der Waals surface area (Å²) >= 11 is 0. The SMILES string of the molecule is N#CN=C1NC(=O)C(N=Nc2ccc(C(=O)Nc3ccc(N=Nc4ccc(S(=O)(=O)O)cc4)cc3OCCO)cc2)C(=O)N1. The maximum atomic E-state index is 12.9. The molecule has 5 N–H and O–H groups in total. The Morgan fingerprint density at radius 3 is 2.14 bits per heavy atom. The smallest absolute Gasteiger partial charge is 0.294 e. The quantitative estimate of drug-likeness (QED) is 0.0965. The zero-order valence-electron chi connectivity index (χ0n) is 22.3. The zero-order valence-corrected chi connectivity index (χ0v) is 23.1. The van der Waals surface area contributed by atoms with Crippen molar-refractivity contribution in [1.82, 2.24) is 10.6 Å². The highest BCUT2D eigenvalue weighted by Gasteiger charge is 2.33. The number of benzene rings is 3. The van der Waals surface area contributed by atoms with Crippen LogP contribution in [0.4, 0.5) is 22.7 Å². The molecule has 0 radical (unpaired) electrons. The minimum absolute atomic E-state index is 0.0796. The highest BCUT2D eigenvalue weighted by molar-refractivity contribution is 7.85. The Bertz CT molecular complexity index is 1800. The number of amides is 3. The van der Waals surface area contributed by atoms with Crippen LogP contribution in [0.3, 0.4) is 0 Å². The van der Waals surface area contributed by atoms with E-state index in [1.165, 1.54) is 72.9 Å². The molecule has 1 aliphatic heterocycles. The van der Waals surface area contributed by atoms with Gasteiger partial charge in [-0.3, -0.25) is 29.6 Å². The van der Waals surface area contributed by atoms with Gasteiger partial charge < -0.3 is 15.2 Å². The van der Waals surface area contributed by atoms with Crippen LogP contribution in [0.2, 0.25) is 0 Å². The number of carbonyl (C=O) groups is 3. The average molecular weight is 620 g/mol. The molecule has 224 valence electrons. The third-order valence-electron chi connectivity index (χ3n) is 5.54. The lowest BCUT2D eigenvalue weighted by atomic mass is 10.2. The summed E-state index contributed by atoms with van der Waals surface area (Å²) in [5, 5.41) is 40.5. The molecule has 0 aromatic heterocycles. The first-order valence-electron chi connectivity index (χ1n) is 12.3. The monoisotopic (exact) mass is 619 g/mol. The molecule has 3 aromatic rings. The van der Waals surface area contributed by atoms with Crippen LogP contribution >= 0.6 is 0 Å². The topological polar surface area (TPSA) is 257 Å². The Morgan fingerprint density at radius 1 is 0.932 bits per heavy atom. The molecule has 0 bridgehead atoms. The number of nitriles is 1. The summed E-state index contributed by atoms with van der Waals surface area (Å²) in [6, 6.07) is 13.8. The number of aliphatic hydroxyl groups excluding tert-OH is 1. The van der Waals surface area contributed by atoms with Gasteiger partial charge >= 0.3 is 0 Å². The van der Waals surface area contributed by atoms with Crippen LogP contribution in [0, 0.1) is 11.5 Å². The van der Waals surface area contributed by atoms with E-state index < -0.39 is 33.9 Å². The van der Waals surface area contributed by atoms with Crippen LogP contribution in [-0.4, -0.2) is 61.0 Å². The van der Waals surface area contributed by atoms with Crippen molar-refractivity contribution < 1.29 is 37.2 Å². The molecule has 3 amide bonds. The Kier molecular flexibility index (Phi) is 9.77. The van der Waals surface area contributed by atoms with Gasteiger partial charge in [0.1, 0.15) is 12.4 Å². The van der Waals surface area contributed by atoms with Crippen LogP contribution in [0.5, 0.6) is 5.75 Å². The minimum atomic E-state index is -4.34. The van der Waals surface area contributed by atoms with E-state index in [1.54, 1.807) is 0 Å². The van der Waals surface area contributed by atoms with Gasteiger partial charge in [0.25, 0.3) is 27.8 Å². The number of nitrogens with one attached hydrogen (secondary N) is 3. The van der Waals surface area contributed by atoms with Crippen molar-refractivity contribution in [2.45, 2.75) is 10.9 Å². The molecule has 18 heteroatoms. The summed E-state index contributed by atoms with van der Waals surface area (Å²) < 4.78 is 37.0. The lowest BCUT2D eigenvalue weighted by Gasteiger charge is -2.18. The highest BCUT2D eigenvalue weighted by Crippen LogP contribution is 2.31. The fraction of sp³-hybridized carbons (Fsp3) is 0.115. The van der Waals surface area contributed by atoms with Crippen LogP contribution < -0.4 is 20.7 Å². The predicted octanol–water partition coefficient (Wildman–Crippen LogP) is 2.51. The average Bonchev–Trinajstić information content (AvgIpc) is 2.99. The first kappa shape index (κ1) is 31.0. The summed E-state index contributed by atoms with van der Waals surface area (Å²) in [5.41, 5.74) is 1.35. The highest BCUT2D eigenvalue weighted by atomic mass is 32.2. The van der Waals surface area contributed by atoms with Crippen molar-refractivity contribution in [3.63, 3.8) is 0 Å². The maximum absolute atomic E-state index is 12.9. The van der Waals surface area contributed by atoms with E-state index in [0.717, 1.165) is 0 Å². The number of aliphatic imine (C=N–C) groups is 1. The van der Waals surface area contributed by atoms with Crippen LogP contribution in [0.25, 0.3) is 0 Å². The lowest BCUT2D eigenvalue weighted by molar-refractivity contribution is -0.131. The molecule has 17 nitrogen and oxygen atoms in total. The van der Waals surface area contributed by atoms with Crippen LogP contribution in [-0.2, 0) is 19.7 Å². The maximum Gasteiger partial charge on any atom is 0.294 e. The van der Waals surface area contributed by atoms with E-state index in [-0.39, 0.29) is 46.8 Å². The molecule has 44 heavy (non-hydrogen) atoms. The number of anilines is 1. The molecular formula is C26H21N9O8S. The van der Waals surface area contributed by atoms with Gasteiger partial charge in [-0.15, -0.1) is 4.99 Å². The zero-order chi connectivity index (χ0) is 31.7. The van der Waals surface area contributed by atoms with Crippen LogP contribution in [0.15, 0.2) is 97.1 Å². The number of carbonyl (C=O) groups excluding carboxylic acids is 3.